The average molecular weight is 504 g/mol. The number of halogens is 4. The molecule has 0 amide bonds. The molecule has 0 saturated carbocycles. The molecule has 0 aliphatic rings. The van der Waals surface area contributed by atoms with Gasteiger partial charge in [-0.1, -0.05) is 18.2 Å². The van der Waals surface area contributed by atoms with E-state index < -0.39 is 30.2 Å². The molecule has 0 fully saturated rings. The van der Waals surface area contributed by atoms with Gasteiger partial charge in [0.2, 0.25) is 0 Å². The standard InChI is InChI=1S/C25H20F4N2O5/c26-24(27)25(28,29)36-20-10-5-16(6-11-20)23(33)35-19-8-1-15(2-9-19)3-12-22(32)34-14-17-4-7-18(30)13-21(17)31/h1-13,24H,14,30-31H2/b12-3+. The molecule has 0 aliphatic heterocycles. The number of hydrogen-bond acceptors (Lipinski definition) is 7. The topological polar surface area (TPSA) is 114 Å². The highest BCUT2D eigenvalue weighted by Crippen LogP contribution is 2.27. The van der Waals surface area contributed by atoms with E-state index in [1.165, 1.54) is 24.3 Å². The maximum atomic E-state index is 12.9. The van der Waals surface area contributed by atoms with Gasteiger partial charge in [0.25, 0.3) is 0 Å². The smallest absolute Gasteiger partial charge is 0.458 e. The van der Waals surface area contributed by atoms with Gasteiger partial charge >= 0.3 is 24.5 Å². The summed E-state index contributed by atoms with van der Waals surface area (Å²) in [4.78, 5) is 24.2. The SMILES string of the molecule is Nc1ccc(COC(=O)/C=C/c2ccc(OC(=O)c3ccc(OC(F)(F)C(F)F)cc3)cc2)c(N)c1. The van der Waals surface area contributed by atoms with Gasteiger partial charge in [-0.2, -0.15) is 17.6 Å². The van der Waals surface area contributed by atoms with Crippen LogP contribution in [0.15, 0.2) is 72.8 Å². The molecule has 7 nitrogen and oxygen atoms in total. The third-order valence-corrected chi connectivity index (χ3v) is 4.64. The molecule has 36 heavy (non-hydrogen) atoms. The minimum atomic E-state index is -4.65. The van der Waals surface area contributed by atoms with Crippen molar-refractivity contribution in [1.29, 1.82) is 0 Å². The lowest BCUT2D eigenvalue weighted by Crippen LogP contribution is -2.33. The lowest BCUT2D eigenvalue weighted by atomic mass is 10.2. The minimum absolute atomic E-state index is 0.0174. The summed E-state index contributed by atoms with van der Waals surface area (Å²) in [5.41, 5.74) is 13.6. The quantitative estimate of drug-likeness (QED) is 0.138. The lowest BCUT2D eigenvalue weighted by molar-refractivity contribution is -0.253. The molecule has 3 aromatic carbocycles. The van der Waals surface area contributed by atoms with Gasteiger partial charge in [-0.3, -0.25) is 0 Å². The number of carbonyl (C=O) groups excluding carboxylic acids is 2. The van der Waals surface area contributed by atoms with Crippen molar-refractivity contribution in [3.05, 3.63) is 89.5 Å². The highest BCUT2D eigenvalue weighted by Gasteiger charge is 2.43. The molecule has 0 bridgehead atoms. The lowest BCUT2D eigenvalue weighted by Gasteiger charge is -2.16. The molecular formula is C25H20F4N2O5. The van der Waals surface area contributed by atoms with Crippen LogP contribution in [0.25, 0.3) is 6.08 Å². The molecule has 3 aromatic rings. The van der Waals surface area contributed by atoms with Crippen molar-refractivity contribution in [2.45, 2.75) is 19.1 Å². The Labute approximate surface area is 202 Å². The van der Waals surface area contributed by atoms with Crippen LogP contribution in [-0.2, 0) is 16.1 Å². The predicted molar refractivity (Wildman–Crippen MR) is 124 cm³/mol. The summed E-state index contributed by atoms with van der Waals surface area (Å²) in [6.07, 6.45) is -5.94. The maximum Gasteiger partial charge on any atom is 0.461 e. The van der Waals surface area contributed by atoms with Crippen LogP contribution in [0.3, 0.4) is 0 Å². The summed E-state index contributed by atoms with van der Waals surface area (Å²) in [5.74, 6) is -1.77. The number of rotatable bonds is 9. The molecule has 0 saturated heterocycles. The summed E-state index contributed by atoms with van der Waals surface area (Å²) >= 11 is 0. The summed E-state index contributed by atoms with van der Waals surface area (Å²) in [5, 5.41) is 0. The molecule has 0 atom stereocenters. The van der Waals surface area contributed by atoms with Gasteiger partial charge in [-0.25, -0.2) is 9.59 Å². The Morgan fingerprint density at radius 3 is 2.17 bits per heavy atom. The highest BCUT2D eigenvalue weighted by atomic mass is 19.3. The van der Waals surface area contributed by atoms with E-state index in [2.05, 4.69) is 4.74 Å². The van der Waals surface area contributed by atoms with Crippen LogP contribution in [-0.4, -0.2) is 24.5 Å². The number of nitrogens with two attached hydrogens (primary N) is 2. The van der Waals surface area contributed by atoms with Gasteiger partial charge in [0, 0.05) is 23.0 Å². The van der Waals surface area contributed by atoms with Crippen molar-refractivity contribution in [2.24, 2.45) is 0 Å². The van der Waals surface area contributed by atoms with Gasteiger partial charge in [0.15, 0.2) is 0 Å². The first-order valence-corrected chi connectivity index (χ1v) is 10.3. The van der Waals surface area contributed by atoms with Gasteiger partial charge in [0.1, 0.15) is 18.1 Å². The van der Waals surface area contributed by atoms with Crippen LogP contribution in [0, 0.1) is 0 Å². The molecule has 0 radical (unpaired) electrons. The van der Waals surface area contributed by atoms with Crippen LogP contribution in [0.5, 0.6) is 11.5 Å². The molecule has 0 heterocycles. The number of hydrogen-bond donors (Lipinski definition) is 2. The molecule has 0 aromatic heterocycles. The van der Waals surface area contributed by atoms with Crippen LogP contribution in [0.4, 0.5) is 28.9 Å². The fourth-order valence-electron chi connectivity index (χ4n) is 2.78. The average Bonchev–Trinajstić information content (AvgIpc) is 2.83. The second-order valence-electron chi connectivity index (χ2n) is 7.35. The van der Waals surface area contributed by atoms with Crippen molar-refractivity contribution in [3.63, 3.8) is 0 Å². The van der Waals surface area contributed by atoms with Crippen molar-refractivity contribution in [3.8, 4) is 11.5 Å². The van der Waals surface area contributed by atoms with E-state index in [1.807, 2.05) is 0 Å². The van der Waals surface area contributed by atoms with Gasteiger partial charge in [-0.05, 0) is 60.2 Å². The summed E-state index contributed by atoms with van der Waals surface area (Å²) in [6.45, 7) is -0.0219. The van der Waals surface area contributed by atoms with Crippen LogP contribution < -0.4 is 20.9 Å². The van der Waals surface area contributed by atoms with Gasteiger partial charge in [0.05, 0.1) is 5.56 Å². The molecule has 0 unspecified atom stereocenters. The zero-order valence-electron chi connectivity index (χ0n) is 18.5. The second-order valence-corrected chi connectivity index (χ2v) is 7.35. The number of anilines is 2. The van der Waals surface area contributed by atoms with Crippen molar-refractivity contribution in [2.75, 3.05) is 11.5 Å². The first-order chi connectivity index (χ1) is 17.0. The molecule has 0 spiro atoms. The van der Waals surface area contributed by atoms with E-state index >= 15 is 0 Å². The van der Waals surface area contributed by atoms with E-state index in [1.54, 1.807) is 30.3 Å². The van der Waals surface area contributed by atoms with E-state index in [0.29, 0.717) is 22.5 Å². The minimum Gasteiger partial charge on any atom is -0.458 e. The number of alkyl halides is 4. The Balaban J connectivity index is 1.51. The second kappa shape index (κ2) is 11.3. The predicted octanol–water partition coefficient (Wildman–Crippen LogP) is 5.06. The van der Waals surface area contributed by atoms with Crippen LogP contribution in [0.1, 0.15) is 21.5 Å². The Morgan fingerprint density at radius 2 is 1.56 bits per heavy atom. The molecule has 188 valence electrons. The fraction of sp³-hybridized carbons (Fsp3) is 0.120. The Bertz CT molecular complexity index is 1250. The van der Waals surface area contributed by atoms with Crippen molar-refractivity contribution >= 4 is 29.4 Å². The van der Waals surface area contributed by atoms with E-state index in [9.17, 15) is 27.2 Å². The summed E-state index contributed by atoms with van der Waals surface area (Å²) < 4.78 is 64.5. The Kier molecular flexibility index (Phi) is 8.15. The molecule has 4 N–H and O–H groups in total. The number of esters is 2. The van der Waals surface area contributed by atoms with Crippen molar-refractivity contribution in [1.82, 2.24) is 0 Å². The zero-order valence-corrected chi connectivity index (χ0v) is 18.5. The molecule has 11 heteroatoms. The summed E-state index contributed by atoms with van der Waals surface area (Å²) in [7, 11) is 0. The van der Waals surface area contributed by atoms with E-state index in [0.717, 1.165) is 24.3 Å². The first-order valence-electron chi connectivity index (χ1n) is 10.3. The van der Waals surface area contributed by atoms with Crippen LogP contribution >= 0.6 is 0 Å². The number of benzene rings is 3. The van der Waals surface area contributed by atoms with Gasteiger partial charge in [-0.15, -0.1) is 0 Å². The third-order valence-electron chi connectivity index (χ3n) is 4.64. The number of nitrogen functional groups attached to an aromatic ring is 2. The maximum absolute atomic E-state index is 12.9. The normalized spacial score (nSPS) is 11.5. The van der Waals surface area contributed by atoms with Gasteiger partial charge < -0.3 is 25.7 Å². The van der Waals surface area contributed by atoms with Crippen molar-refractivity contribution < 1.29 is 41.4 Å². The first kappa shape index (κ1) is 26.1. The molecule has 3 rings (SSSR count). The Morgan fingerprint density at radius 1 is 0.917 bits per heavy atom. The fourth-order valence-corrected chi connectivity index (χ4v) is 2.78. The largest absolute Gasteiger partial charge is 0.461 e. The monoisotopic (exact) mass is 504 g/mol. The van der Waals surface area contributed by atoms with Crippen LogP contribution in [0.2, 0.25) is 0 Å². The Hall–Kier alpha value is -4.54. The number of carbonyl (C=O) groups is 2. The molecular weight excluding hydrogens is 484 g/mol. The third kappa shape index (κ3) is 7.23. The zero-order chi connectivity index (χ0) is 26.3. The van der Waals surface area contributed by atoms with E-state index in [4.69, 9.17) is 20.9 Å². The number of ether oxygens (including phenoxy) is 3. The van der Waals surface area contributed by atoms with E-state index in [-0.39, 0.29) is 17.9 Å². The summed E-state index contributed by atoms with van der Waals surface area (Å²) in [6, 6.07) is 15.1. The highest BCUT2D eigenvalue weighted by molar-refractivity contribution is 5.91. The molecule has 0 aliphatic carbocycles.